The number of ether oxygens (including phenoxy) is 1. The summed E-state index contributed by atoms with van der Waals surface area (Å²) in [6, 6.07) is 8.15. The summed E-state index contributed by atoms with van der Waals surface area (Å²) in [5.41, 5.74) is 1.26. The standard InChI is InChI=1S/C14H21ClO/c1-3-4-5-8-13(15)10-12-7-6-9-14(11-12)16-2/h6-7,9,11,13H,3-5,8,10H2,1-2H3. The Morgan fingerprint density at radius 1 is 1.31 bits per heavy atom. The van der Waals surface area contributed by atoms with Crippen molar-refractivity contribution >= 4 is 11.6 Å². The van der Waals surface area contributed by atoms with Crippen LogP contribution in [0.2, 0.25) is 0 Å². The number of methoxy groups -OCH3 is 1. The Labute approximate surface area is 104 Å². The molecule has 0 radical (unpaired) electrons. The molecule has 0 saturated heterocycles. The molecule has 1 aromatic carbocycles. The van der Waals surface area contributed by atoms with Gasteiger partial charge in [-0.3, -0.25) is 0 Å². The molecule has 0 aliphatic heterocycles. The first-order valence-corrected chi connectivity index (χ1v) is 6.47. The third-order valence-corrected chi connectivity index (χ3v) is 3.08. The van der Waals surface area contributed by atoms with Gasteiger partial charge in [-0.05, 0) is 30.5 Å². The Bertz CT molecular complexity index is 299. The van der Waals surface area contributed by atoms with Crippen LogP contribution in [-0.4, -0.2) is 12.5 Å². The fraction of sp³-hybridized carbons (Fsp3) is 0.571. The summed E-state index contributed by atoms with van der Waals surface area (Å²) in [5, 5.41) is 0.249. The molecule has 0 aliphatic rings. The third kappa shape index (κ3) is 4.89. The van der Waals surface area contributed by atoms with Gasteiger partial charge in [-0.25, -0.2) is 0 Å². The lowest BCUT2D eigenvalue weighted by Crippen LogP contribution is -2.03. The molecule has 16 heavy (non-hydrogen) atoms. The highest BCUT2D eigenvalue weighted by molar-refractivity contribution is 6.20. The van der Waals surface area contributed by atoms with E-state index >= 15 is 0 Å². The van der Waals surface area contributed by atoms with Crippen molar-refractivity contribution in [3.05, 3.63) is 29.8 Å². The third-order valence-electron chi connectivity index (χ3n) is 2.71. The van der Waals surface area contributed by atoms with Crippen molar-refractivity contribution in [2.24, 2.45) is 0 Å². The summed E-state index contributed by atoms with van der Waals surface area (Å²) in [6.07, 6.45) is 5.80. The van der Waals surface area contributed by atoms with Crippen molar-refractivity contribution in [3.8, 4) is 5.75 Å². The van der Waals surface area contributed by atoms with Gasteiger partial charge >= 0.3 is 0 Å². The molecule has 0 saturated carbocycles. The zero-order valence-electron chi connectivity index (χ0n) is 10.2. The second kappa shape index (κ2) is 7.56. The van der Waals surface area contributed by atoms with Crippen molar-refractivity contribution in [3.63, 3.8) is 0 Å². The van der Waals surface area contributed by atoms with Gasteiger partial charge < -0.3 is 4.74 Å². The van der Waals surface area contributed by atoms with Gasteiger partial charge in [0.1, 0.15) is 5.75 Å². The molecular weight excluding hydrogens is 220 g/mol. The van der Waals surface area contributed by atoms with Crippen LogP contribution in [0.4, 0.5) is 0 Å². The minimum atomic E-state index is 0.249. The number of hydrogen-bond acceptors (Lipinski definition) is 1. The van der Waals surface area contributed by atoms with E-state index in [1.54, 1.807) is 7.11 Å². The lowest BCUT2D eigenvalue weighted by Gasteiger charge is -2.10. The van der Waals surface area contributed by atoms with Crippen LogP contribution in [0, 0.1) is 0 Å². The molecule has 90 valence electrons. The van der Waals surface area contributed by atoms with E-state index in [1.165, 1.54) is 24.8 Å². The van der Waals surface area contributed by atoms with Gasteiger partial charge in [0.15, 0.2) is 0 Å². The maximum atomic E-state index is 6.31. The molecule has 1 atom stereocenters. The highest BCUT2D eigenvalue weighted by Crippen LogP contribution is 2.18. The molecule has 0 fully saturated rings. The van der Waals surface area contributed by atoms with Crippen LogP contribution in [0.3, 0.4) is 0 Å². The molecular formula is C14H21ClO. The molecule has 0 bridgehead atoms. The van der Waals surface area contributed by atoms with Crippen LogP contribution in [0.5, 0.6) is 5.75 Å². The van der Waals surface area contributed by atoms with Crippen molar-refractivity contribution < 1.29 is 4.74 Å². The van der Waals surface area contributed by atoms with Crippen molar-refractivity contribution in [1.82, 2.24) is 0 Å². The average molecular weight is 241 g/mol. The number of rotatable bonds is 7. The molecule has 1 rings (SSSR count). The van der Waals surface area contributed by atoms with Crippen LogP contribution in [0.1, 0.15) is 38.2 Å². The van der Waals surface area contributed by atoms with Crippen LogP contribution < -0.4 is 4.74 Å². The van der Waals surface area contributed by atoms with Crippen molar-refractivity contribution in [2.75, 3.05) is 7.11 Å². The summed E-state index contributed by atoms with van der Waals surface area (Å²) in [6.45, 7) is 2.21. The normalized spacial score (nSPS) is 12.4. The highest BCUT2D eigenvalue weighted by Gasteiger charge is 2.06. The Morgan fingerprint density at radius 2 is 2.12 bits per heavy atom. The molecule has 0 aliphatic carbocycles. The van der Waals surface area contributed by atoms with Gasteiger partial charge in [-0.1, -0.05) is 38.3 Å². The van der Waals surface area contributed by atoms with Gasteiger partial charge in [0, 0.05) is 5.38 Å². The van der Waals surface area contributed by atoms with E-state index in [2.05, 4.69) is 19.1 Å². The van der Waals surface area contributed by atoms with Gasteiger partial charge in [0.05, 0.1) is 7.11 Å². The molecule has 1 aromatic rings. The van der Waals surface area contributed by atoms with E-state index in [9.17, 15) is 0 Å². The molecule has 0 heterocycles. The average Bonchev–Trinajstić information content (AvgIpc) is 2.29. The second-order valence-electron chi connectivity index (χ2n) is 4.15. The molecule has 0 aromatic heterocycles. The van der Waals surface area contributed by atoms with Gasteiger partial charge in [0.2, 0.25) is 0 Å². The Balaban J connectivity index is 2.39. The summed E-state index contributed by atoms with van der Waals surface area (Å²) in [5.74, 6) is 0.912. The first-order valence-electron chi connectivity index (χ1n) is 6.03. The summed E-state index contributed by atoms with van der Waals surface area (Å²) < 4.78 is 5.19. The zero-order valence-corrected chi connectivity index (χ0v) is 11.0. The van der Waals surface area contributed by atoms with Crippen molar-refractivity contribution in [1.29, 1.82) is 0 Å². The summed E-state index contributed by atoms with van der Waals surface area (Å²) in [4.78, 5) is 0. The van der Waals surface area contributed by atoms with E-state index in [4.69, 9.17) is 16.3 Å². The SMILES string of the molecule is CCCCCC(Cl)Cc1cccc(OC)c1. The Morgan fingerprint density at radius 3 is 2.81 bits per heavy atom. The smallest absolute Gasteiger partial charge is 0.119 e. The fourth-order valence-corrected chi connectivity index (χ4v) is 2.11. The Hall–Kier alpha value is -0.690. The topological polar surface area (TPSA) is 9.23 Å². The maximum absolute atomic E-state index is 6.31. The fourth-order valence-electron chi connectivity index (χ4n) is 1.77. The first-order chi connectivity index (χ1) is 7.76. The molecule has 0 spiro atoms. The van der Waals surface area contributed by atoms with E-state index in [0.29, 0.717) is 0 Å². The second-order valence-corrected chi connectivity index (χ2v) is 4.77. The number of unbranched alkanes of at least 4 members (excludes halogenated alkanes) is 2. The van der Waals surface area contributed by atoms with E-state index < -0.39 is 0 Å². The van der Waals surface area contributed by atoms with E-state index in [1.807, 2.05) is 12.1 Å². The van der Waals surface area contributed by atoms with E-state index in [-0.39, 0.29) is 5.38 Å². The number of benzene rings is 1. The van der Waals surface area contributed by atoms with Gasteiger partial charge in [-0.15, -0.1) is 11.6 Å². The minimum absolute atomic E-state index is 0.249. The number of alkyl halides is 1. The van der Waals surface area contributed by atoms with E-state index in [0.717, 1.165) is 18.6 Å². The predicted molar refractivity (Wildman–Crippen MR) is 70.5 cm³/mol. The largest absolute Gasteiger partial charge is 0.497 e. The summed E-state index contributed by atoms with van der Waals surface area (Å²) >= 11 is 6.31. The molecule has 0 amide bonds. The quantitative estimate of drug-likeness (QED) is 0.506. The number of halogens is 1. The van der Waals surface area contributed by atoms with Crippen molar-refractivity contribution in [2.45, 2.75) is 44.4 Å². The van der Waals surface area contributed by atoms with Crippen LogP contribution in [-0.2, 0) is 6.42 Å². The maximum Gasteiger partial charge on any atom is 0.119 e. The molecule has 0 N–H and O–H groups in total. The lowest BCUT2D eigenvalue weighted by molar-refractivity contribution is 0.414. The molecule has 2 heteroatoms. The Kier molecular flexibility index (Phi) is 6.32. The van der Waals surface area contributed by atoms with Crippen LogP contribution >= 0.6 is 11.6 Å². The van der Waals surface area contributed by atoms with Gasteiger partial charge in [-0.2, -0.15) is 0 Å². The predicted octanol–water partition coefficient (Wildman–Crippen LogP) is 4.43. The van der Waals surface area contributed by atoms with Gasteiger partial charge in [0.25, 0.3) is 0 Å². The molecule has 1 nitrogen and oxygen atoms in total. The monoisotopic (exact) mass is 240 g/mol. The van der Waals surface area contributed by atoms with Crippen LogP contribution in [0.15, 0.2) is 24.3 Å². The molecule has 1 unspecified atom stereocenters. The van der Waals surface area contributed by atoms with Crippen LogP contribution in [0.25, 0.3) is 0 Å². The highest BCUT2D eigenvalue weighted by atomic mass is 35.5. The first kappa shape index (κ1) is 13.4. The minimum Gasteiger partial charge on any atom is -0.497 e. The zero-order chi connectivity index (χ0) is 11.8. The lowest BCUT2D eigenvalue weighted by atomic mass is 10.0. The number of hydrogen-bond donors (Lipinski definition) is 0. The summed E-state index contributed by atoms with van der Waals surface area (Å²) in [7, 11) is 1.69.